The fraction of sp³-hybridized carbons (Fsp3) is 0.190. The van der Waals surface area contributed by atoms with Crippen molar-refractivity contribution in [3.63, 3.8) is 0 Å². The molecule has 0 aliphatic carbocycles. The van der Waals surface area contributed by atoms with Gasteiger partial charge in [0, 0.05) is 12.1 Å². The molecule has 8 nitrogen and oxygen atoms in total. The van der Waals surface area contributed by atoms with Crippen LogP contribution >= 0.6 is 0 Å². The second-order valence-electron chi connectivity index (χ2n) is 6.19. The van der Waals surface area contributed by atoms with E-state index in [-0.39, 0.29) is 5.57 Å². The van der Waals surface area contributed by atoms with E-state index in [0.29, 0.717) is 34.1 Å². The number of anilines is 1. The molecule has 0 radical (unpaired) electrons. The predicted molar refractivity (Wildman–Crippen MR) is 106 cm³/mol. The van der Waals surface area contributed by atoms with Gasteiger partial charge in [-0.3, -0.25) is 14.9 Å². The lowest BCUT2D eigenvalue weighted by molar-refractivity contribution is -0.122. The number of ether oxygens (including phenoxy) is 3. The number of carbonyl (C=O) groups excluding carboxylic acids is 3. The average Bonchev–Trinajstić information content (AvgIpc) is 2.71. The van der Waals surface area contributed by atoms with Gasteiger partial charge in [0.1, 0.15) is 22.8 Å². The summed E-state index contributed by atoms with van der Waals surface area (Å²) in [5.74, 6) is -0.378. The number of hydrogen-bond acceptors (Lipinski definition) is 6. The van der Waals surface area contributed by atoms with Gasteiger partial charge in [0.2, 0.25) is 0 Å². The summed E-state index contributed by atoms with van der Waals surface area (Å²) in [5, 5.41) is 2.21. The maximum Gasteiger partial charge on any atom is 0.335 e. The zero-order valence-electron chi connectivity index (χ0n) is 16.4. The summed E-state index contributed by atoms with van der Waals surface area (Å²) in [6.07, 6.45) is 1.34. The normalized spacial score (nSPS) is 15.4. The molecular formula is C21H20N2O6. The Morgan fingerprint density at radius 2 is 1.55 bits per heavy atom. The van der Waals surface area contributed by atoms with Crippen molar-refractivity contribution in [1.82, 2.24) is 5.32 Å². The summed E-state index contributed by atoms with van der Waals surface area (Å²) in [6, 6.07) is 9.30. The third kappa shape index (κ3) is 3.64. The van der Waals surface area contributed by atoms with Crippen LogP contribution in [0.15, 0.2) is 42.0 Å². The summed E-state index contributed by atoms with van der Waals surface area (Å²) in [7, 11) is 4.39. The summed E-state index contributed by atoms with van der Waals surface area (Å²) in [4.78, 5) is 38.9. The van der Waals surface area contributed by atoms with E-state index in [4.69, 9.17) is 14.2 Å². The van der Waals surface area contributed by atoms with Gasteiger partial charge < -0.3 is 14.2 Å². The molecule has 0 saturated carbocycles. The smallest absolute Gasteiger partial charge is 0.335 e. The number of para-hydroxylation sites is 1. The Kier molecular flexibility index (Phi) is 5.54. The first kappa shape index (κ1) is 19.9. The quantitative estimate of drug-likeness (QED) is 0.617. The first-order chi connectivity index (χ1) is 13.9. The predicted octanol–water partition coefficient (Wildman–Crippen LogP) is 2.69. The Balaban J connectivity index is 2.14. The second-order valence-corrected chi connectivity index (χ2v) is 6.19. The topological polar surface area (TPSA) is 94.2 Å². The monoisotopic (exact) mass is 396 g/mol. The van der Waals surface area contributed by atoms with E-state index >= 15 is 0 Å². The van der Waals surface area contributed by atoms with Gasteiger partial charge in [0.15, 0.2) is 0 Å². The van der Waals surface area contributed by atoms with Crippen LogP contribution in [-0.2, 0) is 9.59 Å². The lowest BCUT2D eigenvalue weighted by Crippen LogP contribution is -2.54. The molecule has 2 aromatic rings. The first-order valence-corrected chi connectivity index (χ1v) is 8.68. The molecule has 3 rings (SSSR count). The second kappa shape index (κ2) is 8.05. The molecular weight excluding hydrogens is 376 g/mol. The minimum absolute atomic E-state index is 0.227. The van der Waals surface area contributed by atoms with Crippen molar-refractivity contribution in [3.05, 3.63) is 53.1 Å². The van der Waals surface area contributed by atoms with Crippen LogP contribution in [0.2, 0.25) is 0 Å². The fourth-order valence-electron chi connectivity index (χ4n) is 3.01. The van der Waals surface area contributed by atoms with Gasteiger partial charge in [0.05, 0.1) is 32.6 Å². The van der Waals surface area contributed by atoms with Crippen molar-refractivity contribution in [1.29, 1.82) is 0 Å². The van der Waals surface area contributed by atoms with Crippen LogP contribution in [0.1, 0.15) is 11.1 Å². The molecule has 0 unspecified atom stereocenters. The van der Waals surface area contributed by atoms with E-state index in [0.717, 1.165) is 4.90 Å². The molecule has 0 spiro atoms. The minimum Gasteiger partial charge on any atom is -0.496 e. The number of benzene rings is 2. The van der Waals surface area contributed by atoms with Gasteiger partial charge in [-0.15, -0.1) is 0 Å². The lowest BCUT2D eigenvalue weighted by atomic mass is 10.0. The van der Waals surface area contributed by atoms with E-state index in [1.807, 2.05) is 0 Å². The minimum atomic E-state index is -0.805. The van der Waals surface area contributed by atoms with Crippen molar-refractivity contribution in [2.75, 3.05) is 26.2 Å². The molecule has 1 aliphatic heterocycles. The Bertz CT molecular complexity index is 1000. The van der Waals surface area contributed by atoms with Crippen LogP contribution in [0, 0.1) is 6.92 Å². The van der Waals surface area contributed by atoms with E-state index < -0.39 is 17.8 Å². The fourth-order valence-corrected chi connectivity index (χ4v) is 3.01. The molecule has 29 heavy (non-hydrogen) atoms. The average molecular weight is 396 g/mol. The zero-order valence-corrected chi connectivity index (χ0v) is 16.4. The third-order valence-corrected chi connectivity index (χ3v) is 4.50. The van der Waals surface area contributed by atoms with Crippen LogP contribution in [0.5, 0.6) is 17.2 Å². The molecule has 1 fully saturated rings. The molecule has 4 amide bonds. The van der Waals surface area contributed by atoms with Gasteiger partial charge in [-0.2, -0.15) is 0 Å². The van der Waals surface area contributed by atoms with E-state index in [1.54, 1.807) is 43.3 Å². The number of urea groups is 1. The molecule has 1 heterocycles. The number of amides is 4. The Hall–Kier alpha value is -3.81. The standard InChI is InChI=1S/C21H20N2O6/c1-12-7-5-6-8-16(12)23-20(25)15(19(24)22-21(23)26)11-14-17(28-3)9-13(27-2)10-18(14)29-4/h5-11H,1-4H3,(H,22,24,26). The van der Waals surface area contributed by atoms with Crippen molar-refractivity contribution in [2.24, 2.45) is 0 Å². The first-order valence-electron chi connectivity index (χ1n) is 8.68. The Labute approximate surface area is 167 Å². The summed E-state index contributed by atoms with van der Waals surface area (Å²) >= 11 is 0. The van der Waals surface area contributed by atoms with Crippen molar-refractivity contribution >= 4 is 29.6 Å². The molecule has 1 N–H and O–H groups in total. The largest absolute Gasteiger partial charge is 0.496 e. The number of imide groups is 2. The van der Waals surface area contributed by atoms with E-state index in [9.17, 15) is 14.4 Å². The van der Waals surface area contributed by atoms with Crippen molar-refractivity contribution in [2.45, 2.75) is 6.92 Å². The van der Waals surface area contributed by atoms with Crippen LogP contribution in [0.25, 0.3) is 6.08 Å². The maximum atomic E-state index is 13.1. The maximum absolute atomic E-state index is 13.1. The molecule has 1 aliphatic rings. The molecule has 0 bridgehead atoms. The number of rotatable bonds is 5. The Morgan fingerprint density at radius 1 is 0.931 bits per heavy atom. The van der Waals surface area contributed by atoms with Gasteiger partial charge in [-0.25, -0.2) is 9.69 Å². The van der Waals surface area contributed by atoms with Crippen LogP contribution in [-0.4, -0.2) is 39.2 Å². The molecule has 150 valence electrons. The van der Waals surface area contributed by atoms with Crippen LogP contribution < -0.4 is 24.4 Å². The highest BCUT2D eigenvalue weighted by Gasteiger charge is 2.37. The number of carbonyl (C=O) groups is 3. The third-order valence-electron chi connectivity index (χ3n) is 4.50. The van der Waals surface area contributed by atoms with Crippen LogP contribution in [0.4, 0.5) is 10.5 Å². The van der Waals surface area contributed by atoms with E-state index in [2.05, 4.69) is 5.32 Å². The summed E-state index contributed by atoms with van der Waals surface area (Å²) in [5.41, 5.74) is 1.24. The van der Waals surface area contributed by atoms with Crippen LogP contribution in [0.3, 0.4) is 0 Å². The van der Waals surface area contributed by atoms with Gasteiger partial charge >= 0.3 is 6.03 Å². The zero-order chi connectivity index (χ0) is 21.1. The van der Waals surface area contributed by atoms with Crippen molar-refractivity contribution < 1.29 is 28.6 Å². The molecule has 0 aromatic heterocycles. The molecule has 1 saturated heterocycles. The van der Waals surface area contributed by atoms with Gasteiger partial charge in [-0.05, 0) is 24.6 Å². The number of nitrogens with one attached hydrogen (secondary N) is 1. The summed E-state index contributed by atoms with van der Waals surface area (Å²) < 4.78 is 15.9. The summed E-state index contributed by atoms with van der Waals surface area (Å²) in [6.45, 7) is 1.77. The van der Waals surface area contributed by atoms with Gasteiger partial charge in [-0.1, -0.05) is 18.2 Å². The number of methoxy groups -OCH3 is 3. The molecule has 2 aromatic carbocycles. The highest BCUT2D eigenvalue weighted by molar-refractivity contribution is 6.39. The van der Waals surface area contributed by atoms with Gasteiger partial charge in [0.25, 0.3) is 11.8 Å². The number of aryl methyl sites for hydroxylation is 1. The van der Waals surface area contributed by atoms with E-state index in [1.165, 1.54) is 27.4 Å². The number of nitrogens with zero attached hydrogens (tertiary/aromatic N) is 1. The highest BCUT2D eigenvalue weighted by Crippen LogP contribution is 2.36. The molecule has 8 heteroatoms. The number of barbiturate groups is 1. The highest BCUT2D eigenvalue weighted by atomic mass is 16.5. The SMILES string of the molecule is COc1cc(OC)c(C=C2C(=O)NC(=O)N(c3ccccc3C)C2=O)c(OC)c1. The number of hydrogen-bond donors (Lipinski definition) is 1. The lowest BCUT2D eigenvalue weighted by Gasteiger charge is -2.27. The Morgan fingerprint density at radius 3 is 2.10 bits per heavy atom. The van der Waals surface area contributed by atoms with Crippen molar-refractivity contribution in [3.8, 4) is 17.2 Å². The molecule has 0 atom stereocenters.